The standard InChI is InChI=1S/C21H21F3O4/c1-3-13-7-10-18(15(11-13)14-8-9-14)27-12-16-17(21(22,23)24)5-4-6-19(16)28-20(25)26-2/h4-7,10-11,14H,3,8-9,12H2,1-2H3. The van der Waals surface area contributed by atoms with E-state index in [0.29, 0.717) is 11.7 Å². The first-order valence-electron chi connectivity index (χ1n) is 9.04. The number of benzene rings is 2. The number of halogens is 3. The van der Waals surface area contributed by atoms with Crippen LogP contribution in [0.2, 0.25) is 0 Å². The number of methoxy groups -OCH3 is 1. The molecule has 1 fully saturated rings. The largest absolute Gasteiger partial charge is 0.513 e. The van der Waals surface area contributed by atoms with Crippen molar-refractivity contribution in [3.63, 3.8) is 0 Å². The van der Waals surface area contributed by atoms with Crippen molar-refractivity contribution in [2.75, 3.05) is 7.11 Å². The molecule has 1 saturated carbocycles. The van der Waals surface area contributed by atoms with E-state index in [2.05, 4.69) is 10.8 Å². The van der Waals surface area contributed by atoms with E-state index >= 15 is 0 Å². The summed E-state index contributed by atoms with van der Waals surface area (Å²) in [6, 6.07) is 9.15. The second-order valence-electron chi connectivity index (χ2n) is 6.62. The number of carbonyl (C=O) groups is 1. The van der Waals surface area contributed by atoms with Crippen LogP contribution in [0.4, 0.5) is 18.0 Å². The summed E-state index contributed by atoms with van der Waals surface area (Å²) in [7, 11) is 1.09. The molecule has 150 valence electrons. The highest BCUT2D eigenvalue weighted by molar-refractivity contribution is 5.64. The van der Waals surface area contributed by atoms with E-state index in [1.165, 1.54) is 12.1 Å². The lowest BCUT2D eigenvalue weighted by atomic mass is 10.0. The summed E-state index contributed by atoms with van der Waals surface area (Å²) in [5.41, 5.74) is 1.01. The smallest absolute Gasteiger partial charge is 0.488 e. The van der Waals surface area contributed by atoms with Crippen LogP contribution >= 0.6 is 0 Å². The summed E-state index contributed by atoms with van der Waals surface area (Å²) >= 11 is 0. The fourth-order valence-electron chi connectivity index (χ4n) is 3.02. The van der Waals surface area contributed by atoms with E-state index in [4.69, 9.17) is 9.47 Å². The van der Waals surface area contributed by atoms with Gasteiger partial charge < -0.3 is 14.2 Å². The summed E-state index contributed by atoms with van der Waals surface area (Å²) in [6.45, 7) is 1.66. The summed E-state index contributed by atoms with van der Waals surface area (Å²) < 4.78 is 55.5. The first kappa shape index (κ1) is 20.0. The molecule has 0 saturated heterocycles. The molecule has 7 heteroatoms. The molecular formula is C21H21F3O4. The maximum atomic E-state index is 13.5. The third-order valence-electron chi connectivity index (χ3n) is 4.67. The van der Waals surface area contributed by atoms with Crippen LogP contribution in [0.15, 0.2) is 36.4 Å². The van der Waals surface area contributed by atoms with Crippen molar-refractivity contribution >= 4 is 6.16 Å². The fourth-order valence-corrected chi connectivity index (χ4v) is 3.02. The quantitative estimate of drug-likeness (QED) is 0.454. The van der Waals surface area contributed by atoms with E-state index in [0.717, 1.165) is 43.6 Å². The Hall–Kier alpha value is -2.70. The Kier molecular flexibility index (Phi) is 5.82. The van der Waals surface area contributed by atoms with Gasteiger partial charge in [-0.2, -0.15) is 13.2 Å². The van der Waals surface area contributed by atoms with E-state index < -0.39 is 17.9 Å². The Morgan fingerprint density at radius 1 is 1.14 bits per heavy atom. The lowest BCUT2D eigenvalue weighted by molar-refractivity contribution is -0.138. The molecule has 0 unspecified atom stereocenters. The summed E-state index contributed by atoms with van der Waals surface area (Å²) in [6.07, 6.45) is -2.75. The average molecular weight is 394 g/mol. The molecule has 0 aliphatic heterocycles. The van der Waals surface area contributed by atoms with Gasteiger partial charge in [0.2, 0.25) is 0 Å². The second kappa shape index (κ2) is 8.12. The van der Waals surface area contributed by atoms with Crippen molar-refractivity contribution in [3.05, 3.63) is 58.7 Å². The Morgan fingerprint density at radius 3 is 2.50 bits per heavy atom. The zero-order chi connectivity index (χ0) is 20.3. The number of alkyl halides is 3. The zero-order valence-corrected chi connectivity index (χ0v) is 15.6. The molecule has 0 heterocycles. The van der Waals surface area contributed by atoms with Crippen LogP contribution in [0.5, 0.6) is 11.5 Å². The van der Waals surface area contributed by atoms with Gasteiger partial charge in [-0.1, -0.05) is 25.1 Å². The first-order chi connectivity index (χ1) is 13.3. The van der Waals surface area contributed by atoms with Crippen molar-refractivity contribution in [3.8, 4) is 11.5 Å². The molecule has 0 spiro atoms. The molecule has 0 radical (unpaired) electrons. The van der Waals surface area contributed by atoms with Crippen molar-refractivity contribution in [1.29, 1.82) is 0 Å². The topological polar surface area (TPSA) is 44.8 Å². The fraction of sp³-hybridized carbons (Fsp3) is 0.381. The Bertz CT molecular complexity index is 857. The number of aryl methyl sites for hydroxylation is 1. The normalized spacial score (nSPS) is 13.9. The van der Waals surface area contributed by atoms with Crippen LogP contribution < -0.4 is 9.47 Å². The zero-order valence-electron chi connectivity index (χ0n) is 15.6. The molecule has 0 amide bonds. The van der Waals surface area contributed by atoms with Crippen LogP contribution in [0.3, 0.4) is 0 Å². The predicted octanol–water partition coefficient (Wildman–Crippen LogP) is 5.87. The molecule has 2 aromatic carbocycles. The van der Waals surface area contributed by atoms with Crippen LogP contribution in [0.1, 0.15) is 47.9 Å². The van der Waals surface area contributed by atoms with Gasteiger partial charge in [-0.05, 0) is 54.5 Å². The third-order valence-corrected chi connectivity index (χ3v) is 4.67. The first-order valence-corrected chi connectivity index (χ1v) is 9.04. The van der Waals surface area contributed by atoms with Crippen LogP contribution in [0, 0.1) is 0 Å². The second-order valence-corrected chi connectivity index (χ2v) is 6.62. The third kappa shape index (κ3) is 4.58. The monoisotopic (exact) mass is 394 g/mol. The molecular weight excluding hydrogens is 373 g/mol. The van der Waals surface area contributed by atoms with Crippen LogP contribution in [-0.4, -0.2) is 13.3 Å². The Morgan fingerprint density at radius 2 is 1.89 bits per heavy atom. The van der Waals surface area contributed by atoms with E-state index in [9.17, 15) is 18.0 Å². The summed E-state index contributed by atoms with van der Waals surface area (Å²) in [4.78, 5) is 11.4. The summed E-state index contributed by atoms with van der Waals surface area (Å²) in [5, 5.41) is 0. The van der Waals surface area contributed by atoms with Crippen LogP contribution in [-0.2, 0) is 23.9 Å². The molecule has 0 atom stereocenters. The van der Waals surface area contributed by atoms with Gasteiger partial charge in [0.1, 0.15) is 18.1 Å². The van der Waals surface area contributed by atoms with Gasteiger partial charge in [-0.3, -0.25) is 0 Å². The number of rotatable bonds is 6. The molecule has 28 heavy (non-hydrogen) atoms. The van der Waals surface area contributed by atoms with Crippen molar-refractivity contribution in [1.82, 2.24) is 0 Å². The van der Waals surface area contributed by atoms with Gasteiger partial charge in [-0.25, -0.2) is 4.79 Å². The minimum Gasteiger partial charge on any atom is -0.488 e. The molecule has 4 nitrogen and oxygen atoms in total. The van der Waals surface area contributed by atoms with Crippen molar-refractivity contribution in [2.45, 2.75) is 44.9 Å². The molecule has 0 N–H and O–H groups in total. The number of ether oxygens (including phenoxy) is 3. The van der Waals surface area contributed by atoms with Gasteiger partial charge in [0.15, 0.2) is 0 Å². The molecule has 0 aromatic heterocycles. The van der Waals surface area contributed by atoms with Crippen molar-refractivity contribution in [2.24, 2.45) is 0 Å². The maximum Gasteiger partial charge on any atom is 0.513 e. The van der Waals surface area contributed by atoms with Gasteiger partial charge in [0.05, 0.1) is 12.7 Å². The molecule has 0 bridgehead atoms. The van der Waals surface area contributed by atoms with Crippen molar-refractivity contribution < 1.29 is 32.2 Å². The number of carbonyl (C=O) groups excluding carboxylic acids is 1. The Labute approximate surface area is 161 Å². The van der Waals surface area contributed by atoms with E-state index in [1.54, 1.807) is 6.07 Å². The van der Waals surface area contributed by atoms with Crippen LogP contribution in [0.25, 0.3) is 0 Å². The molecule has 2 aromatic rings. The minimum atomic E-state index is -4.61. The highest BCUT2D eigenvalue weighted by Gasteiger charge is 2.35. The SMILES string of the molecule is CCc1ccc(OCc2c(OC(=O)OC)cccc2C(F)(F)F)c(C2CC2)c1. The molecule has 1 aliphatic carbocycles. The number of hydrogen-bond acceptors (Lipinski definition) is 4. The maximum absolute atomic E-state index is 13.5. The van der Waals surface area contributed by atoms with Gasteiger partial charge in [-0.15, -0.1) is 0 Å². The Balaban J connectivity index is 1.92. The van der Waals surface area contributed by atoms with Gasteiger partial charge >= 0.3 is 12.3 Å². The van der Waals surface area contributed by atoms with E-state index in [1.807, 2.05) is 13.0 Å². The average Bonchev–Trinajstić information content (AvgIpc) is 3.51. The van der Waals surface area contributed by atoms with Gasteiger partial charge in [0.25, 0.3) is 0 Å². The highest BCUT2D eigenvalue weighted by Crippen LogP contribution is 2.45. The number of hydrogen-bond donors (Lipinski definition) is 0. The van der Waals surface area contributed by atoms with Gasteiger partial charge in [0, 0.05) is 5.56 Å². The lowest BCUT2D eigenvalue weighted by Crippen LogP contribution is -2.15. The predicted molar refractivity (Wildman–Crippen MR) is 96.6 cm³/mol. The minimum absolute atomic E-state index is 0.236. The summed E-state index contributed by atoms with van der Waals surface area (Å²) in [5.74, 6) is 0.700. The molecule has 1 aliphatic rings. The molecule has 3 rings (SSSR count). The highest BCUT2D eigenvalue weighted by atomic mass is 19.4. The van der Waals surface area contributed by atoms with E-state index in [-0.39, 0.29) is 17.9 Å². The lowest BCUT2D eigenvalue weighted by Gasteiger charge is -2.18.